The Hall–Kier alpha value is -2.63. The molecule has 4 atom stereocenters. The summed E-state index contributed by atoms with van der Waals surface area (Å²) in [5.41, 5.74) is 0.0514. The number of allylic oxidation sites excluding steroid dienone is 2. The lowest BCUT2D eigenvalue weighted by atomic mass is 9.81. The molecule has 3 aliphatic rings. The Morgan fingerprint density at radius 3 is 2.73 bits per heavy atom. The molecule has 0 radical (unpaired) electrons. The predicted molar refractivity (Wildman–Crippen MR) is 92.8 cm³/mol. The average molecular weight is 358 g/mol. The molecule has 6 nitrogen and oxygen atoms in total. The van der Waals surface area contributed by atoms with Gasteiger partial charge in [-0.15, -0.1) is 0 Å². The Kier molecular flexibility index (Phi) is 4.38. The van der Waals surface area contributed by atoms with Gasteiger partial charge in [-0.25, -0.2) is 9.59 Å². The van der Waals surface area contributed by atoms with E-state index in [0.29, 0.717) is 16.9 Å². The molecule has 0 aromatic rings. The summed E-state index contributed by atoms with van der Waals surface area (Å²) in [7, 11) is 0. The van der Waals surface area contributed by atoms with E-state index in [4.69, 9.17) is 14.2 Å². The van der Waals surface area contributed by atoms with E-state index in [1.165, 1.54) is 6.08 Å². The summed E-state index contributed by atoms with van der Waals surface area (Å²) in [6.45, 7) is 12.8. The summed E-state index contributed by atoms with van der Waals surface area (Å²) < 4.78 is 17.0. The smallest absolute Gasteiger partial charge is 0.334 e. The zero-order valence-electron chi connectivity index (χ0n) is 15.2. The summed E-state index contributed by atoms with van der Waals surface area (Å²) in [5, 5.41) is 0. The summed E-state index contributed by atoms with van der Waals surface area (Å²) in [6, 6.07) is 0. The van der Waals surface area contributed by atoms with Crippen molar-refractivity contribution < 1.29 is 28.6 Å². The van der Waals surface area contributed by atoms with Crippen LogP contribution in [0.25, 0.3) is 0 Å². The molecule has 0 aromatic carbocycles. The second-order valence-corrected chi connectivity index (χ2v) is 7.13. The van der Waals surface area contributed by atoms with Crippen molar-refractivity contribution in [1.82, 2.24) is 0 Å². The Bertz CT molecular complexity index is 786. The number of carbonyl (C=O) groups excluding carboxylic acids is 3. The average Bonchev–Trinajstić information content (AvgIpc) is 3.03. The molecule has 2 fully saturated rings. The lowest BCUT2D eigenvalue weighted by molar-refractivity contribution is -0.153. The fourth-order valence-electron chi connectivity index (χ4n) is 3.51. The highest BCUT2D eigenvalue weighted by Gasteiger charge is 2.52. The Morgan fingerprint density at radius 1 is 1.38 bits per heavy atom. The molecule has 3 aliphatic heterocycles. The van der Waals surface area contributed by atoms with Crippen molar-refractivity contribution in [3.05, 3.63) is 47.8 Å². The van der Waals surface area contributed by atoms with Crippen LogP contribution in [0.4, 0.5) is 0 Å². The van der Waals surface area contributed by atoms with Crippen molar-refractivity contribution in [3.8, 4) is 0 Å². The molecule has 138 valence electrons. The van der Waals surface area contributed by atoms with E-state index in [1.54, 1.807) is 26.8 Å². The number of fused-ring (bicyclic) bond motifs is 3. The third-order valence-corrected chi connectivity index (χ3v) is 5.24. The fraction of sp³-hybridized carbons (Fsp3) is 0.450. The van der Waals surface area contributed by atoms with E-state index in [0.717, 1.165) is 0 Å². The Morgan fingerprint density at radius 2 is 2.08 bits per heavy atom. The lowest BCUT2D eigenvalue weighted by Crippen LogP contribution is -2.43. The molecule has 0 spiro atoms. The predicted octanol–water partition coefficient (Wildman–Crippen LogP) is 2.55. The van der Waals surface area contributed by atoms with Gasteiger partial charge in [0.2, 0.25) is 5.78 Å². The van der Waals surface area contributed by atoms with Crippen molar-refractivity contribution in [2.75, 3.05) is 0 Å². The van der Waals surface area contributed by atoms with E-state index >= 15 is 0 Å². The number of esters is 2. The molecule has 0 aliphatic carbocycles. The van der Waals surface area contributed by atoms with Crippen molar-refractivity contribution in [2.24, 2.45) is 5.92 Å². The maximum absolute atomic E-state index is 12.5. The van der Waals surface area contributed by atoms with E-state index < -0.39 is 35.7 Å². The van der Waals surface area contributed by atoms with Gasteiger partial charge in [-0.1, -0.05) is 19.2 Å². The van der Waals surface area contributed by atoms with Crippen molar-refractivity contribution >= 4 is 17.7 Å². The molecule has 0 aromatic heterocycles. The number of hydrogen-bond donors (Lipinski definition) is 0. The van der Waals surface area contributed by atoms with Gasteiger partial charge < -0.3 is 14.2 Å². The normalized spacial score (nSPS) is 34.2. The molecule has 2 bridgehead atoms. The number of hydrogen-bond acceptors (Lipinski definition) is 6. The number of ketones is 1. The van der Waals surface area contributed by atoms with E-state index in [2.05, 4.69) is 13.2 Å². The lowest BCUT2D eigenvalue weighted by Gasteiger charge is -2.31. The number of rotatable bonds is 2. The zero-order valence-corrected chi connectivity index (χ0v) is 15.2. The molecule has 6 heteroatoms. The summed E-state index contributed by atoms with van der Waals surface area (Å²) in [5.74, 6) is -1.41. The highest BCUT2D eigenvalue weighted by Crippen LogP contribution is 2.44. The van der Waals surface area contributed by atoms with Crippen LogP contribution in [-0.4, -0.2) is 35.5 Å². The number of carbonyl (C=O) groups is 3. The van der Waals surface area contributed by atoms with Crippen LogP contribution in [0.5, 0.6) is 0 Å². The maximum Gasteiger partial charge on any atom is 0.334 e. The van der Waals surface area contributed by atoms with E-state index in [1.807, 2.05) is 0 Å². The molecule has 26 heavy (non-hydrogen) atoms. The molecule has 0 amide bonds. The fourth-order valence-corrected chi connectivity index (χ4v) is 3.51. The quantitative estimate of drug-likeness (QED) is 0.558. The highest BCUT2D eigenvalue weighted by atomic mass is 16.6. The van der Waals surface area contributed by atoms with Gasteiger partial charge in [0.1, 0.15) is 18.0 Å². The molecular formula is C20H22O6. The molecule has 3 heterocycles. The van der Waals surface area contributed by atoms with Gasteiger partial charge in [-0.05, 0) is 26.3 Å². The topological polar surface area (TPSA) is 78.9 Å². The third-order valence-electron chi connectivity index (χ3n) is 5.24. The molecule has 0 N–H and O–H groups in total. The molecule has 0 unspecified atom stereocenters. The molecule has 3 rings (SSSR count). The summed E-state index contributed by atoms with van der Waals surface area (Å²) in [4.78, 5) is 36.9. The first-order valence-corrected chi connectivity index (χ1v) is 8.53. The van der Waals surface area contributed by atoms with Gasteiger partial charge in [0.25, 0.3) is 0 Å². The van der Waals surface area contributed by atoms with Crippen LogP contribution in [0.2, 0.25) is 0 Å². The van der Waals surface area contributed by atoms with Gasteiger partial charge in [0.05, 0.1) is 5.92 Å². The van der Waals surface area contributed by atoms with Gasteiger partial charge in [0.15, 0.2) is 5.60 Å². The van der Waals surface area contributed by atoms with Crippen LogP contribution in [0.3, 0.4) is 0 Å². The van der Waals surface area contributed by atoms with Crippen LogP contribution < -0.4 is 0 Å². The van der Waals surface area contributed by atoms with E-state index in [-0.39, 0.29) is 24.2 Å². The van der Waals surface area contributed by atoms with Crippen molar-refractivity contribution in [2.45, 2.75) is 51.4 Å². The van der Waals surface area contributed by atoms with E-state index in [9.17, 15) is 14.4 Å². The van der Waals surface area contributed by atoms with Crippen LogP contribution in [-0.2, 0) is 28.6 Å². The van der Waals surface area contributed by atoms with Gasteiger partial charge >= 0.3 is 11.9 Å². The second kappa shape index (κ2) is 6.27. The monoisotopic (exact) mass is 358 g/mol. The van der Waals surface area contributed by atoms with Gasteiger partial charge in [0, 0.05) is 30.1 Å². The van der Waals surface area contributed by atoms with Gasteiger partial charge in [-0.3, -0.25) is 4.79 Å². The first-order chi connectivity index (χ1) is 12.2. The van der Waals surface area contributed by atoms with Crippen LogP contribution >= 0.6 is 0 Å². The highest BCUT2D eigenvalue weighted by molar-refractivity contribution is 6.00. The van der Waals surface area contributed by atoms with Crippen LogP contribution in [0.1, 0.15) is 33.6 Å². The summed E-state index contributed by atoms with van der Waals surface area (Å²) >= 11 is 0. The van der Waals surface area contributed by atoms with Crippen LogP contribution in [0, 0.1) is 5.92 Å². The molecule has 0 saturated carbocycles. The minimum Gasteiger partial charge on any atom is -0.479 e. The first kappa shape index (κ1) is 18.2. The first-order valence-electron chi connectivity index (χ1n) is 8.53. The minimum atomic E-state index is -1.19. The SMILES string of the molecule is C=C1C[C@H]2OC(=O)C(=C)[C@@H]2[C@H](OC(=O)C(C)=CC)C[C@@]2(C)OC1=CC2=O. The summed E-state index contributed by atoms with van der Waals surface area (Å²) in [6.07, 6.45) is 2.08. The Labute approximate surface area is 152 Å². The van der Waals surface area contributed by atoms with Crippen molar-refractivity contribution in [1.29, 1.82) is 0 Å². The molecular weight excluding hydrogens is 336 g/mol. The largest absolute Gasteiger partial charge is 0.479 e. The zero-order chi connectivity index (χ0) is 19.2. The maximum atomic E-state index is 12.5. The second-order valence-electron chi connectivity index (χ2n) is 7.13. The van der Waals surface area contributed by atoms with Crippen molar-refractivity contribution in [3.63, 3.8) is 0 Å². The minimum absolute atomic E-state index is 0.0959. The third kappa shape index (κ3) is 2.89. The number of ether oxygens (including phenoxy) is 3. The Balaban J connectivity index is 2.02. The standard InChI is InChI=1S/C20H22O6/c1-6-10(2)18(22)25-15-9-20(5)16(21)8-13(26-20)11(3)7-14-17(15)12(4)19(23)24-14/h6,8,14-15,17H,3-4,7,9H2,1-2,5H3/t14-,15-,17+,20-/m1/s1. The van der Waals surface area contributed by atoms with Crippen LogP contribution in [0.15, 0.2) is 47.8 Å². The van der Waals surface area contributed by atoms with Gasteiger partial charge in [-0.2, -0.15) is 0 Å². The molecule has 2 saturated heterocycles.